The molecular formula is C13H18N4. The fourth-order valence-corrected chi connectivity index (χ4v) is 3.11. The van der Waals surface area contributed by atoms with E-state index in [2.05, 4.69) is 14.5 Å². The van der Waals surface area contributed by atoms with E-state index in [1.165, 1.54) is 23.2 Å². The maximum Gasteiger partial charge on any atom is 0.151 e. The summed E-state index contributed by atoms with van der Waals surface area (Å²) in [6.07, 6.45) is 2.31. The Morgan fingerprint density at radius 3 is 2.82 bits per heavy atom. The zero-order valence-corrected chi connectivity index (χ0v) is 10.6. The molecule has 0 aromatic carbocycles. The number of rotatable bonds is 0. The Kier molecular flexibility index (Phi) is 2.15. The van der Waals surface area contributed by atoms with Crippen LogP contribution in [0.15, 0.2) is 0 Å². The van der Waals surface area contributed by atoms with Crippen molar-refractivity contribution in [2.75, 3.05) is 5.73 Å². The average Bonchev–Trinajstić information content (AvgIpc) is 2.96. The summed E-state index contributed by atoms with van der Waals surface area (Å²) in [5, 5.41) is 0. The van der Waals surface area contributed by atoms with Crippen LogP contribution in [0.2, 0.25) is 0 Å². The van der Waals surface area contributed by atoms with Crippen LogP contribution in [0.3, 0.4) is 0 Å². The van der Waals surface area contributed by atoms with Crippen LogP contribution < -0.4 is 5.73 Å². The fourth-order valence-electron chi connectivity index (χ4n) is 3.11. The second-order valence-electron chi connectivity index (χ2n) is 4.56. The van der Waals surface area contributed by atoms with Gasteiger partial charge in [-0.05, 0) is 19.8 Å². The van der Waals surface area contributed by atoms with Crippen LogP contribution in [0.1, 0.15) is 43.3 Å². The van der Waals surface area contributed by atoms with Crippen molar-refractivity contribution >= 4 is 16.9 Å². The van der Waals surface area contributed by atoms with E-state index in [4.69, 9.17) is 5.73 Å². The molecule has 2 aromatic rings. The first-order chi connectivity index (χ1) is 8.25. The van der Waals surface area contributed by atoms with Gasteiger partial charge in [0, 0.05) is 23.7 Å². The van der Waals surface area contributed by atoms with Crippen molar-refractivity contribution in [3.63, 3.8) is 0 Å². The molecule has 2 aliphatic rings. The minimum Gasteiger partial charge on any atom is -0.382 e. The van der Waals surface area contributed by atoms with Crippen molar-refractivity contribution in [2.24, 2.45) is 0 Å². The molecule has 1 aliphatic carbocycles. The predicted octanol–water partition coefficient (Wildman–Crippen LogP) is 2.39. The van der Waals surface area contributed by atoms with Crippen molar-refractivity contribution in [3.05, 3.63) is 17.1 Å². The minimum atomic E-state index is 0.605. The van der Waals surface area contributed by atoms with Crippen LogP contribution >= 0.6 is 0 Å². The lowest BCUT2D eigenvalue weighted by atomic mass is 10.1. The van der Waals surface area contributed by atoms with Gasteiger partial charge in [0.15, 0.2) is 5.82 Å². The molecule has 0 saturated heterocycles. The smallest absolute Gasteiger partial charge is 0.151 e. The van der Waals surface area contributed by atoms with Gasteiger partial charge in [0.05, 0.1) is 5.52 Å². The second-order valence-corrected chi connectivity index (χ2v) is 4.56. The predicted molar refractivity (Wildman–Crippen MR) is 69.1 cm³/mol. The molecule has 4 nitrogen and oxygen atoms in total. The third-order valence-electron chi connectivity index (χ3n) is 3.76. The first kappa shape index (κ1) is 10.6. The number of hydrogen-bond acceptors (Lipinski definition) is 3. The monoisotopic (exact) mass is 230 g/mol. The highest BCUT2D eigenvalue weighted by molar-refractivity contribution is 5.90. The van der Waals surface area contributed by atoms with Crippen molar-refractivity contribution in [1.29, 1.82) is 0 Å². The minimum absolute atomic E-state index is 0.605. The average molecular weight is 230 g/mol. The highest BCUT2D eigenvalue weighted by Gasteiger charge is 2.35. The van der Waals surface area contributed by atoms with Gasteiger partial charge in [0.25, 0.3) is 0 Å². The van der Waals surface area contributed by atoms with Gasteiger partial charge in [-0.2, -0.15) is 0 Å². The van der Waals surface area contributed by atoms with Crippen molar-refractivity contribution in [2.45, 2.75) is 46.1 Å². The second kappa shape index (κ2) is 3.45. The fraction of sp³-hybridized carbons (Fsp3) is 0.538. The highest BCUT2D eigenvalue weighted by atomic mass is 15.1. The van der Waals surface area contributed by atoms with Crippen molar-refractivity contribution < 1.29 is 0 Å². The maximum atomic E-state index is 5.94. The number of pyridine rings is 1. The summed E-state index contributed by atoms with van der Waals surface area (Å²) in [6.45, 7) is 7.13. The van der Waals surface area contributed by atoms with Gasteiger partial charge < -0.3 is 10.3 Å². The summed E-state index contributed by atoms with van der Waals surface area (Å²) in [7, 11) is 0. The molecule has 0 amide bonds. The quantitative estimate of drug-likeness (QED) is 0.756. The van der Waals surface area contributed by atoms with E-state index < -0.39 is 0 Å². The Morgan fingerprint density at radius 1 is 1.29 bits per heavy atom. The summed E-state index contributed by atoms with van der Waals surface area (Å²) in [6, 6.07) is 0. The van der Waals surface area contributed by atoms with Gasteiger partial charge >= 0.3 is 0 Å². The molecule has 4 heteroatoms. The Labute approximate surface area is 101 Å². The van der Waals surface area contributed by atoms with Crippen LogP contribution in [0.5, 0.6) is 0 Å². The number of imidazole rings is 1. The number of nitrogen functional groups attached to an aromatic ring is 1. The van der Waals surface area contributed by atoms with Crippen LogP contribution in [0.4, 0.5) is 5.82 Å². The van der Waals surface area contributed by atoms with Crippen molar-refractivity contribution in [1.82, 2.24) is 14.5 Å². The van der Waals surface area contributed by atoms with E-state index >= 15 is 0 Å². The van der Waals surface area contributed by atoms with Gasteiger partial charge in [-0.25, -0.2) is 9.97 Å². The maximum absolute atomic E-state index is 5.94. The number of nitrogens with zero attached hydrogens (tertiary/aromatic N) is 3. The lowest BCUT2D eigenvalue weighted by Gasteiger charge is -2.03. The Balaban J connectivity index is 0.000000431. The lowest BCUT2D eigenvalue weighted by Crippen LogP contribution is -2.00. The van der Waals surface area contributed by atoms with Gasteiger partial charge in [-0.15, -0.1) is 0 Å². The SMILES string of the molecule is CC.Cc1nc2c(N)nc3c4c2n1CC4CC3. The molecule has 17 heavy (non-hydrogen) atoms. The number of hydrogen-bond donors (Lipinski definition) is 1. The molecule has 3 heterocycles. The first-order valence-electron chi connectivity index (χ1n) is 6.41. The molecule has 0 fully saturated rings. The van der Waals surface area contributed by atoms with Crippen LogP contribution in [0, 0.1) is 6.92 Å². The summed E-state index contributed by atoms with van der Waals surface area (Å²) < 4.78 is 2.30. The molecule has 1 atom stereocenters. The number of aryl methyl sites for hydroxylation is 2. The topological polar surface area (TPSA) is 56.7 Å². The molecule has 4 rings (SSSR count). The molecule has 0 radical (unpaired) electrons. The van der Waals surface area contributed by atoms with Crippen molar-refractivity contribution in [3.8, 4) is 0 Å². The van der Waals surface area contributed by atoms with Gasteiger partial charge in [0.1, 0.15) is 11.3 Å². The van der Waals surface area contributed by atoms with E-state index in [0.29, 0.717) is 11.7 Å². The first-order valence-corrected chi connectivity index (χ1v) is 6.41. The zero-order valence-electron chi connectivity index (χ0n) is 10.6. The van der Waals surface area contributed by atoms with Gasteiger partial charge in [0.2, 0.25) is 0 Å². The molecule has 2 aromatic heterocycles. The summed E-state index contributed by atoms with van der Waals surface area (Å²) in [5.74, 6) is 2.35. The molecule has 1 unspecified atom stereocenters. The molecule has 2 N–H and O–H groups in total. The third-order valence-corrected chi connectivity index (χ3v) is 3.76. The lowest BCUT2D eigenvalue weighted by molar-refractivity contribution is 0.587. The largest absolute Gasteiger partial charge is 0.382 e. The molecular weight excluding hydrogens is 212 g/mol. The van der Waals surface area contributed by atoms with E-state index in [1.807, 2.05) is 20.8 Å². The highest BCUT2D eigenvalue weighted by Crippen LogP contribution is 2.44. The zero-order chi connectivity index (χ0) is 12.2. The Bertz CT molecular complexity index is 597. The van der Waals surface area contributed by atoms with Gasteiger partial charge in [-0.3, -0.25) is 0 Å². The third kappa shape index (κ3) is 1.18. The molecule has 0 saturated carbocycles. The Morgan fingerprint density at radius 2 is 2.06 bits per heavy atom. The van der Waals surface area contributed by atoms with Crippen LogP contribution in [-0.2, 0) is 13.0 Å². The van der Waals surface area contributed by atoms with Gasteiger partial charge in [-0.1, -0.05) is 13.8 Å². The molecule has 0 spiro atoms. The van der Waals surface area contributed by atoms with E-state index in [0.717, 1.165) is 24.3 Å². The molecule has 90 valence electrons. The van der Waals surface area contributed by atoms with E-state index in [1.54, 1.807) is 0 Å². The van der Waals surface area contributed by atoms with E-state index in [-0.39, 0.29) is 0 Å². The number of anilines is 1. The summed E-state index contributed by atoms with van der Waals surface area (Å²) in [4.78, 5) is 8.98. The normalized spacial score (nSPS) is 19.6. The Hall–Kier alpha value is -1.58. The number of aromatic nitrogens is 3. The van der Waals surface area contributed by atoms with Crippen LogP contribution in [-0.4, -0.2) is 14.5 Å². The van der Waals surface area contributed by atoms with E-state index in [9.17, 15) is 0 Å². The summed E-state index contributed by atoms with van der Waals surface area (Å²) >= 11 is 0. The summed E-state index contributed by atoms with van der Waals surface area (Å²) in [5.41, 5.74) is 10.8. The van der Waals surface area contributed by atoms with Crippen LogP contribution in [0.25, 0.3) is 11.0 Å². The molecule has 1 aliphatic heterocycles. The number of nitrogens with two attached hydrogens (primary N) is 1. The molecule has 0 bridgehead atoms. The standard InChI is InChI=1S/C11H12N4.C2H6/c1-5-13-9-10-8-6(4-15(5)10)2-3-7(8)14-11(9)12;1-2/h6H,2-4H2,1H3,(H2,12,14);1-2H3.